The summed E-state index contributed by atoms with van der Waals surface area (Å²) in [6.45, 7) is 1.61. The second-order valence-electron chi connectivity index (χ2n) is 4.77. The molecule has 0 spiro atoms. The maximum absolute atomic E-state index is 13.5. The highest BCUT2D eigenvalue weighted by Crippen LogP contribution is 2.31. The van der Waals surface area contributed by atoms with E-state index in [9.17, 15) is 14.5 Å². The standard InChI is InChI=1S/C13H18FN3O3/c1-20-13-8-11(12(17(18)19)7-10(13)14)16-6-4-9-3-2-5-15-9/h7-9,15-16H,2-6H2,1H3/t9-/m1/s1. The van der Waals surface area contributed by atoms with Crippen LogP contribution < -0.4 is 15.4 Å². The number of nitro benzene ring substituents is 1. The third kappa shape index (κ3) is 3.36. The molecule has 0 aliphatic carbocycles. The van der Waals surface area contributed by atoms with Crippen LogP contribution in [0, 0.1) is 15.9 Å². The monoisotopic (exact) mass is 283 g/mol. The molecule has 1 fully saturated rings. The van der Waals surface area contributed by atoms with Crippen LogP contribution in [0.1, 0.15) is 19.3 Å². The second-order valence-corrected chi connectivity index (χ2v) is 4.77. The van der Waals surface area contributed by atoms with Crippen molar-refractivity contribution in [3.8, 4) is 5.75 Å². The average Bonchev–Trinajstić information content (AvgIpc) is 2.93. The van der Waals surface area contributed by atoms with Gasteiger partial charge in [-0.05, 0) is 25.8 Å². The number of anilines is 1. The van der Waals surface area contributed by atoms with Crippen molar-refractivity contribution in [3.05, 3.63) is 28.1 Å². The molecule has 0 saturated carbocycles. The molecule has 6 nitrogen and oxygen atoms in total. The van der Waals surface area contributed by atoms with Crippen LogP contribution in [0.15, 0.2) is 12.1 Å². The Hall–Kier alpha value is -1.89. The minimum atomic E-state index is -0.734. The van der Waals surface area contributed by atoms with Gasteiger partial charge in [0, 0.05) is 18.7 Å². The van der Waals surface area contributed by atoms with Crippen molar-refractivity contribution in [1.82, 2.24) is 5.32 Å². The first kappa shape index (κ1) is 14.5. The SMILES string of the molecule is COc1cc(NCC[C@H]2CCCN2)c([N+](=O)[O-])cc1F. The number of nitro groups is 1. The molecular weight excluding hydrogens is 265 g/mol. The molecule has 1 aliphatic rings. The summed E-state index contributed by atoms with van der Waals surface area (Å²) in [7, 11) is 1.33. The highest BCUT2D eigenvalue weighted by molar-refractivity contribution is 5.64. The van der Waals surface area contributed by atoms with Crippen LogP contribution in [0.4, 0.5) is 15.8 Å². The number of rotatable bonds is 6. The van der Waals surface area contributed by atoms with Crippen LogP contribution >= 0.6 is 0 Å². The molecule has 1 saturated heterocycles. The van der Waals surface area contributed by atoms with E-state index in [4.69, 9.17) is 4.74 Å². The van der Waals surface area contributed by atoms with Crippen molar-refractivity contribution in [2.75, 3.05) is 25.5 Å². The Bertz CT molecular complexity index is 490. The third-order valence-electron chi connectivity index (χ3n) is 3.44. The first-order valence-corrected chi connectivity index (χ1v) is 6.61. The van der Waals surface area contributed by atoms with Gasteiger partial charge in [0.2, 0.25) is 0 Å². The fraction of sp³-hybridized carbons (Fsp3) is 0.538. The molecule has 0 unspecified atom stereocenters. The Labute approximate surface area is 116 Å². The quantitative estimate of drug-likeness (QED) is 0.619. The van der Waals surface area contributed by atoms with E-state index in [1.165, 1.54) is 13.2 Å². The van der Waals surface area contributed by atoms with Crippen molar-refractivity contribution in [2.45, 2.75) is 25.3 Å². The molecule has 110 valence electrons. The molecule has 1 heterocycles. The molecule has 2 rings (SSSR count). The minimum Gasteiger partial charge on any atom is -0.494 e. The number of hydrogen-bond acceptors (Lipinski definition) is 5. The molecule has 2 N–H and O–H groups in total. The predicted octanol–water partition coefficient (Wildman–Crippen LogP) is 2.30. The van der Waals surface area contributed by atoms with Gasteiger partial charge in [-0.1, -0.05) is 0 Å². The zero-order valence-electron chi connectivity index (χ0n) is 11.3. The Morgan fingerprint density at radius 2 is 2.40 bits per heavy atom. The van der Waals surface area contributed by atoms with Crippen LogP contribution in [0.3, 0.4) is 0 Å². The summed E-state index contributed by atoms with van der Waals surface area (Å²) in [6, 6.07) is 2.66. The maximum atomic E-state index is 13.5. The van der Waals surface area contributed by atoms with Crippen molar-refractivity contribution in [1.29, 1.82) is 0 Å². The topological polar surface area (TPSA) is 76.4 Å². The van der Waals surface area contributed by atoms with E-state index in [1.807, 2.05) is 0 Å². The highest BCUT2D eigenvalue weighted by Gasteiger charge is 2.19. The number of nitrogens with one attached hydrogen (secondary N) is 2. The zero-order valence-corrected chi connectivity index (χ0v) is 11.3. The molecule has 20 heavy (non-hydrogen) atoms. The van der Waals surface area contributed by atoms with E-state index in [0.717, 1.165) is 31.9 Å². The van der Waals surface area contributed by atoms with E-state index >= 15 is 0 Å². The van der Waals surface area contributed by atoms with Gasteiger partial charge in [-0.25, -0.2) is 4.39 Å². The molecule has 0 amide bonds. The van der Waals surface area contributed by atoms with Crippen molar-refractivity contribution in [2.24, 2.45) is 0 Å². The minimum absolute atomic E-state index is 0.00269. The van der Waals surface area contributed by atoms with Gasteiger partial charge in [0.05, 0.1) is 18.1 Å². The van der Waals surface area contributed by atoms with Crippen LogP contribution in [-0.2, 0) is 0 Å². The molecule has 1 aromatic rings. The molecule has 0 aromatic heterocycles. The van der Waals surface area contributed by atoms with Crippen molar-refractivity contribution < 1.29 is 14.1 Å². The number of benzene rings is 1. The Kier molecular flexibility index (Phi) is 4.73. The Morgan fingerprint density at radius 3 is 3.00 bits per heavy atom. The largest absolute Gasteiger partial charge is 0.494 e. The molecule has 1 atom stereocenters. The summed E-state index contributed by atoms with van der Waals surface area (Å²) in [5.74, 6) is -0.737. The fourth-order valence-electron chi connectivity index (χ4n) is 2.38. The van der Waals surface area contributed by atoms with E-state index in [0.29, 0.717) is 12.6 Å². The van der Waals surface area contributed by atoms with E-state index in [1.54, 1.807) is 0 Å². The van der Waals surface area contributed by atoms with Crippen LogP contribution in [-0.4, -0.2) is 31.2 Å². The normalized spacial score (nSPS) is 18.0. The van der Waals surface area contributed by atoms with Gasteiger partial charge < -0.3 is 15.4 Å². The Morgan fingerprint density at radius 1 is 1.60 bits per heavy atom. The van der Waals surface area contributed by atoms with Crippen molar-refractivity contribution >= 4 is 11.4 Å². The summed E-state index contributed by atoms with van der Waals surface area (Å²) in [6.07, 6.45) is 3.16. The first-order chi connectivity index (χ1) is 9.61. The first-order valence-electron chi connectivity index (χ1n) is 6.61. The van der Waals surface area contributed by atoms with Gasteiger partial charge in [-0.3, -0.25) is 10.1 Å². The molecule has 0 bridgehead atoms. The predicted molar refractivity (Wildman–Crippen MR) is 73.7 cm³/mol. The van der Waals surface area contributed by atoms with Crippen LogP contribution in [0.5, 0.6) is 5.75 Å². The summed E-state index contributed by atoms with van der Waals surface area (Å²) in [5.41, 5.74) is 0.00827. The number of halogens is 1. The maximum Gasteiger partial charge on any atom is 0.295 e. The van der Waals surface area contributed by atoms with E-state index in [-0.39, 0.29) is 17.1 Å². The number of nitrogens with zero attached hydrogens (tertiary/aromatic N) is 1. The van der Waals surface area contributed by atoms with E-state index in [2.05, 4.69) is 10.6 Å². The number of methoxy groups -OCH3 is 1. The lowest BCUT2D eigenvalue weighted by atomic mass is 10.1. The summed E-state index contributed by atoms with van der Waals surface area (Å²) in [5, 5.41) is 17.3. The van der Waals surface area contributed by atoms with Gasteiger partial charge in [-0.2, -0.15) is 0 Å². The summed E-state index contributed by atoms with van der Waals surface area (Å²) >= 11 is 0. The number of ether oxygens (including phenoxy) is 1. The lowest BCUT2D eigenvalue weighted by Gasteiger charge is -2.12. The van der Waals surface area contributed by atoms with E-state index < -0.39 is 10.7 Å². The summed E-state index contributed by atoms with van der Waals surface area (Å²) < 4.78 is 18.3. The molecule has 7 heteroatoms. The fourth-order valence-corrected chi connectivity index (χ4v) is 2.38. The third-order valence-corrected chi connectivity index (χ3v) is 3.44. The molecule has 0 radical (unpaired) electrons. The molecule has 1 aromatic carbocycles. The lowest BCUT2D eigenvalue weighted by Crippen LogP contribution is -2.24. The number of hydrogen-bond donors (Lipinski definition) is 2. The van der Waals surface area contributed by atoms with Gasteiger partial charge in [0.25, 0.3) is 5.69 Å². The summed E-state index contributed by atoms with van der Waals surface area (Å²) in [4.78, 5) is 10.3. The molecular formula is C13H18FN3O3. The smallest absolute Gasteiger partial charge is 0.295 e. The zero-order chi connectivity index (χ0) is 14.5. The Balaban J connectivity index is 2.05. The lowest BCUT2D eigenvalue weighted by molar-refractivity contribution is -0.384. The van der Waals surface area contributed by atoms with Gasteiger partial charge in [-0.15, -0.1) is 0 Å². The van der Waals surface area contributed by atoms with Crippen LogP contribution in [0.2, 0.25) is 0 Å². The average molecular weight is 283 g/mol. The van der Waals surface area contributed by atoms with Crippen LogP contribution in [0.25, 0.3) is 0 Å². The van der Waals surface area contributed by atoms with Crippen molar-refractivity contribution in [3.63, 3.8) is 0 Å². The highest BCUT2D eigenvalue weighted by atomic mass is 19.1. The second kappa shape index (κ2) is 6.51. The van der Waals surface area contributed by atoms with Gasteiger partial charge >= 0.3 is 0 Å². The molecule has 1 aliphatic heterocycles. The van der Waals surface area contributed by atoms with Gasteiger partial charge in [0.1, 0.15) is 5.69 Å². The van der Waals surface area contributed by atoms with Gasteiger partial charge in [0.15, 0.2) is 11.6 Å².